The Labute approximate surface area is 169 Å². The molecule has 0 radical (unpaired) electrons. The van der Waals surface area contributed by atoms with Crippen molar-refractivity contribution in [2.75, 3.05) is 0 Å². The van der Waals surface area contributed by atoms with Crippen molar-refractivity contribution in [2.45, 2.75) is 84.5 Å². The third-order valence-corrected chi connectivity index (χ3v) is 5.33. The average Bonchev–Trinajstić information content (AvgIpc) is 2.67. The maximum Gasteiger partial charge on any atom is 0.321 e. The topological polar surface area (TPSA) is 74.6 Å². The van der Waals surface area contributed by atoms with E-state index in [1.807, 2.05) is 6.08 Å². The van der Waals surface area contributed by atoms with E-state index in [-0.39, 0.29) is 6.42 Å². The molecule has 0 fully saturated rings. The molecule has 2 N–H and O–H groups in total. The highest BCUT2D eigenvalue weighted by Crippen LogP contribution is 2.23. The lowest BCUT2D eigenvalue weighted by atomic mass is 9.87. The van der Waals surface area contributed by atoms with Gasteiger partial charge in [-0.1, -0.05) is 81.9 Å². The highest BCUT2D eigenvalue weighted by atomic mass is 16.4. The molecule has 0 aromatic heterocycles. The number of allylic oxidation sites excluding steroid dienone is 2. The van der Waals surface area contributed by atoms with Gasteiger partial charge >= 0.3 is 11.9 Å². The third-order valence-electron chi connectivity index (χ3n) is 5.33. The number of hydrogen-bond acceptors (Lipinski definition) is 2. The van der Waals surface area contributed by atoms with Gasteiger partial charge in [-0.2, -0.15) is 0 Å². The zero-order valence-corrected chi connectivity index (χ0v) is 17.5. The Kier molecular flexibility index (Phi) is 11.2. The Morgan fingerprint density at radius 2 is 1.32 bits per heavy atom. The fourth-order valence-electron chi connectivity index (χ4n) is 3.11. The number of aryl methyl sites for hydroxylation is 2. The van der Waals surface area contributed by atoms with Crippen LogP contribution in [0.15, 0.2) is 36.4 Å². The van der Waals surface area contributed by atoms with Crippen LogP contribution in [0.25, 0.3) is 0 Å². The summed E-state index contributed by atoms with van der Waals surface area (Å²) < 4.78 is 0. The Balaban J connectivity index is 2.28. The van der Waals surface area contributed by atoms with Crippen molar-refractivity contribution >= 4 is 11.9 Å². The predicted octanol–water partition coefficient (Wildman–Crippen LogP) is 6.03. The van der Waals surface area contributed by atoms with Gasteiger partial charge in [0.1, 0.15) is 0 Å². The fraction of sp³-hybridized carbons (Fsp3) is 0.583. The molecule has 0 atom stereocenters. The Bertz CT molecular complexity index is 602. The van der Waals surface area contributed by atoms with E-state index in [1.54, 1.807) is 6.08 Å². The van der Waals surface area contributed by atoms with Crippen molar-refractivity contribution in [1.82, 2.24) is 0 Å². The molecule has 0 unspecified atom stereocenters. The zero-order valence-electron chi connectivity index (χ0n) is 17.5. The number of carboxylic acid groups (broad SMARTS) is 2. The first-order chi connectivity index (χ1) is 13.4. The number of hydrogen-bond donors (Lipinski definition) is 2. The van der Waals surface area contributed by atoms with Gasteiger partial charge in [-0.05, 0) is 50.2 Å². The number of carbonyl (C=O) groups is 2. The van der Waals surface area contributed by atoms with Crippen molar-refractivity contribution in [3.05, 3.63) is 47.5 Å². The second-order valence-electron chi connectivity index (χ2n) is 7.84. The highest BCUT2D eigenvalue weighted by Gasteiger charge is 2.40. The fourth-order valence-corrected chi connectivity index (χ4v) is 3.11. The Morgan fingerprint density at radius 1 is 0.821 bits per heavy atom. The smallest absolute Gasteiger partial charge is 0.321 e. The summed E-state index contributed by atoms with van der Waals surface area (Å²) in [4.78, 5) is 22.2. The molecule has 0 saturated carbocycles. The molecule has 4 nitrogen and oxygen atoms in total. The molecule has 0 saturated heterocycles. The lowest BCUT2D eigenvalue weighted by Gasteiger charge is -2.16. The molecule has 4 heteroatoms. The first-order valence-corrected chi connectivity index (χ1v) is 10.6. The van der Waals surface area contributed by atoms with Crippen LogP contribution in [0.1, 0.15) is 82.8 Å². The normalized spacial score (nSPS) is 11.8. The Hall–Kier alpha value is -2.10. The minimum absolute atomic E-state index is 0.00491. The molecule has 0 heterocycles. The number of benzene rings is 1. The lowest BCUT2D eigenvalue weighted by molar-refractivity contribution is -0.162. The molecule has 0 spiro atoms. The van der Waals surface area contributed by atoms with E-state index in [1.165, 1.54) is 63.0 Å². The molecule has 0 aliphatic rings. The molecule has 0 aliphatic heterocycles. The van der Waals surface area contributed by atoms with Gasteiger partial charge in [0.2, 0.25) is 0 Å². The van der Waals surface area contributed by atoms with Crippen LogP contribution in [0.4, 0.5) is 0 Å². The van der Waals surface area contributed by atoms with Crippen LogP contribution in [-0.4, -0.2) is 22.2 Å². The van der Waals surface area contributed by atoms with Crippen LogP contribution in [0.3, 0.4) is 0 Å². The zero-order chi connectivity index (χ0) is 20.8. The van der Waals surface area contributed by atoms with E-state index in [9.17, 15) is 9.59 Å². The van der Waals surface area contributed by atoms with E-state index < -0.39 is 17.4 Å². The Morgan fingerprint density at radius 3 is 1.86 bits per heavy atom. The van der Waals surface area contributed by atoms with Gasteiger partial charge in [-0.25, -0.2) is 0 Å². The molecule has 1 aromatic rings. The minimum Gasteiger partial charge on any atom is -0.480 e. The van der Waals surface area contributed by atoms with E-state index in [4.69, 9.17) is 10.2 Å². The average molecular weight is 389 g/mol. The molecule has 1 aromatic carbocycles. The summed E-state index contributed by atoms with van der Waals surface area (Å²) in [6.07, 6.45) is 15.6. The molecule has 28 heavy (non-hydrogen) atoms. The lowest BCUT2D eigenvalue weighted by Crippen LogP contribution is -2.35. The van der Waals surface area contributed by atoms with Gasteiger partial charge in [0.25, 0.3) is 0 Å². The molecule has 0 bridgehead atoms. The second kappa shape index (κ2) is 13.1. The molecule has 1 rings (SSSR count). The monoisotopic (exact) mass is 388 g/mol. The van der Waals surface area contributed by atoms with E-state index in [0.717, 1.165) is 19.3 Å². The first-order valence-electron chi connectivity index (χ1n) is 10.6. The number of aliphatic carboxylic acids is 2. The van der Waals surface area contributed by atoms with Gasteiger partial charge in [-0.3, -0.25) is 9.59 Å². The van der Waals surface area contributed by atoms with Gasteiger partial charge in [0.15, 0.2) is 5.41 Å². The summed E-state index contributed by atoms with van der Waals surface area (Å²) in [6, 6.07) is 8.70. The van der Waals surface area contributed by atoms with Crippen molar-refractivity contribution in [1.29, 1.82) is 0 Å². The van der Waals surface area contributed by atoms with Gasteiger partial charge in [0.05, 0.1) is 0 Å². The first kappa shape index (κ1) is 23.9. The standard InChI is InChI=1S/C24H36O4/c1-3-4-5-6-7-8-10-13-20-15-17-21(18-16-20)14-11-9-12-19-24(2,22(25)26)23(27)28/h9,12,15-18H,3-8,10-11,13-14,19H2,1-2H3,(H,25,26)(H,27,28). The number of rotatable bonds is 15. The SMILES string of the molecule is CCCCCCCCCc1ccc(CCC=CCC(C)(C(=O)O)C(=O)O)cc1. The van der Waals surface area contributed by atoms with Crippen molar-refractivity contribution < 1.29 is 19.8 Å². The molecular weight excluding hydrogens is 352 g/mol. The van der Waals surface area contributed by atoms with Crippen molar-refractivity contribution in [3.8, 4) is 0 Å². The summed E-state index contributed by atoms with van der Waals surface area (Å²) in [5.74, 6) is -2.61. The predicted molar refractivity (Wildman–Crippen MR) is 114 cm³/mol. The maximum atomic E-state index is 11.1. The summed E-state index contributed by atoms with van der Waals surface area (Å²) in [7, 11) is 0. The molecular formula is C24H36O4. The van der Waals surface area contributed by atoms with E-state index >= 15 is 0 Å². The molecule has 156 valence electrons. The molecule has 0 aliphatic carbocycles. The van der Waals surface area contributed by atoms with Crippen molar-refractivity contribution in [2.24, 2.45) is 5.41 Å². The van der Waals surface area contributed by atoms with Gasteiger partial charge in [-0.15, -0.1) is 0 Å². The molecule has 0 amide bonds. The van der Waals surface area contributed by atoms with Crippen LogP contribution < -0.4 is 0 Å². The van der Waals surface area contributed by atoms with Crippen LogP contribution >= 0.6 is 0 Å². The third kappa shape index (κ3) is 8.73. The minimum atomic E-state index is -1.76. The summed E-state index contributed by atoms with van der Waals surface area (Å²) in [5.41, 5.74) is 0.868. The summed E-state index contributed by atoms with van der Waals surface area (Å²) >= 11 is 0. The van der Waals surface area contributed by atoms with Crippen LogP contribution in [0, 0.1) is 5.41 Å². The summed E-state index contributed by atoms with van der Waals surface area (Å²) in [5, 5.41) is 18.1. The quantitative estimate of drug-likeness (QED) is 0.218. The van der Waals surface area contributed by atoms with Crippen molar-refractivity contribution in [3.63, 3.8) is 0 Å². The highest BCUT2D eigenvalue weighted by molar-refractivity contribution is 5.97. The van der Waals surface area contributed by atoms with Gasteiger partial charge in [0, 0.05) is 0 Å². The largest absolute Gasteiger partial charge is 0.480 e. The maximum absolute atomic E-state index is 11.1. The van der Waals surface area contributed by atoms with E-state index in [0.29, 0.717) is 0 Å². The van der Waals surface area contributed by atoms with Crippen LogP contribution in [0.5, 0.6) is 0 Å². The second-order valence-corrected chi connectivity index (χ2v) is 7.84. The van der Waals surface area contributed by atoms with Crippen LogP contribution in [-0.2, 0) is 22.4 Å². The number of carboxylic acids is 2. The number of unbranched alkanes of at least 4 members (excludes halogenated alkanes) is 6. The summed E-state index contributed by atoms with van der Waals surface area (Å²) in [6.45, 7) is 3.49. The van der Waals surface area contributed by atoms with Crippen LogP contribution in [0.2, 0.25) is 0 Å². The van der Waals surface area contributed by atoms with Gasteiger partial charge < -0.3 is 10.2 Å². The van der Waals surface area contributed by atoms with E-state index in [2.05, 4.69) is 31.2 Å².